The minimum Gasteiger partial charge on any atom is -0.273 e. The molecule has 18 heavy (non-hydrogen) atoms. The lowest BCUT2D eigenvalue weighted by molar-refractivity contribution is 0.827. The Bertz CT molecular complexity index is 441. The van der Waals surface area contributed by atoms with Crippen molar-refractivity contribution in [3.8, 4) is 11.8 Å². The van der Waals surface area contributed by atoms with E-state index in [4.69, 9.17) is 0 Å². The van der Waals surface area contributed by atoms with Crippen molar-refractivity contribution in [2.45, 2.75) is 53.0 Å². The molecule has 0 unspecified atom stereocenters. The molecule has 1 aromatic carbocycles. The van der Waals surface area contributed by atoms with E-state index in [9.17, 15) is 0 Å². The van der Waals surface area contributed by atoms with Gasteiger partial charge in [0.15, 0.2) is 0 Å². The van der Waals surface area contributed by atoms with E-state index in [1.807, 2.05) is 0 Å². The SMILES string of the molecule is CCCCC#CC(=NC(C)C)c1ccc(C)cc1. The monoisotopic (exact) mass is 241 g/mol. The summed E-state index contributed by atoms with van der Waals surface area (Å²) in [7, 11) is 0. The van der Waals surface area contributed by atoms with E-state index in [0.29, 0.717) is 0 Å². The van der Waals surface area contributed by atoms with E-state index in [0.717, 1.165) is 24.1 Å². The molecule has 1 nitrogen and oxygen atoms in total. The molecule has 0 bridgehead atoms. The van der Waals surface area contributed by atoms with Gasteiger partial charge in [0.25, 0.3) is 0 Å². The number of unbranched alkanes of at least 4 members (excludes halogenated alkanes) is 2. The maximum absolute atomic E-state index is 4.62. The second-order valence-corrected chi connectivity index (χ2v) is 4.84. The van der Waals surface area contributed by atoms with Crippen LogP contribution in [0.5, 0.6) is 0 Å². The lowest BCUT2D eigenvalue weighted by atomic mass is 10.1. The first kappa shape index (κ1) is 14.5. The first-order valence-electron chi connectivity index (χ1n) is 6.77. The van der Waals surface area contributed by atoms with Crippen LogP contribution in [0.3, 0.4) is 0 Å². The third kappa shape index (κ3) is 5.19. The smallest absolute Gasteiger partial charge is 0.115 e. The van der Waals surface area contributed by atoms with E-state index < -0.39 is 0 Å². The zero-order chi connectivity index (χ0) is 13.4. The number of benzene rings is 1. The Balaban J connectivity index is 2.91. The standard InChI is InChI=1S/C17H23N/c1-5-6-7-8-9-17(18-14(2)3)16-12-10-15(4)11-13-16/h10-14H,5-7H2,1-4H3. The number of aryl methyl sites for hydroxylation is 1. The quantitative estimate of drug-likeness (QED) is 0.421. The molecule has 96 valence electrons. The summed E-state index contributed by atoms with van der Waals surface area (Å²) in [6, 6.07) is 8.70. The van der Waals surface area contributed by atoms with Crippen molar-refractivity contribution in [3.63, 3.8) is 0 Å². The van der Waals surface area contributed by atoms with Crippen molar-refractivity contribution in [3.05, 3.63) is 35.4 Å². The van der Waals surface area contributed by atoms with Gasteiger partial charge in [-0.2, -0.15) is 0 Å². The Morgan fingerprint density at radius 3 is 2.44 bits per heavy atom. The normalized spacial score (nSPS) is 11.3. The zero-order valence-electron chi connectivity index (χ0n) is 12.0. The van der Waals surface area contributed by atoms with Crippen LogP contribution < -0.4 is 0 Å². The molecule has 0 spiro atoms. The predicted octanol–water partition coefficient (Wildman–Crippen LogP) is 4.39. The fourth-order valence-corrected chi connectivity index (χ4v) is 1.56. The average Bonchev–Trinajstić information content (AvgIpc) is 2.34. The first-order valence-corrected chi connectivity index (χ1v) is 6.77. The van der Waals surface area contributed by atoms with Gasteiger partial charge in [0.2, 0.25) is 0 Å². The number of rotatable bonds is 4. The molecule has 0 aliphatic carbocycles. The Hall–Kier alpha value is -1.55. The molecule has 0 amide bonds. The van der Waals surface area contributed by atoms with Crippen molar-refractivity contribution in [2.24, 2.45) is 4.99 Å². The van der Waals surface area contributed by atoms with Gasteiger partial charge in [-0.15, -0.1) is 0 Å². The highest BCUT2D eigenvalue weighted by atomic mass is 14.8. The highest BCUT2D eigenvalue weighted by Crippen LogP contribution is 2.06. The number of aliphatic imine (C=N–C) groups is 1. The van der Waals surface area contributed by atoms with Gasteiger partial charge in [0.1, 0.15) is 5.71 Å². The Kier molecular flexibility index (Phi) is 6.22. The van der Waals surface area contributed by atoms with E-state index in [1.165, 1.54) is 12.0 Å². The van der Waals surface area contributed by atoms with Gasteiger partial charge in [-0.3, -0.25) is 4.99 Å². The highest BCUT2D eigenvalue weighted by molar-refractivity contribution is 6.13. The van der Waals surface area contributed by atoms with Gasteiger partial charge in [0.05, 0.1) is 0 Å². The fourth-order valence-electron chi connectivity index (χ4n) is 1.56. The Morgan fingerprint density at radius 1 is 1.22 bits per heavy atom. The summed E-state index contributed by atoms with van der Waals surface area (Å²) in [4.78, 5) is 4.62. The van der Waals surface area contributed by atoms with Crippen LogP contribution in [0.1, 0.15) is 51.2 Å². The van der Waals surface area contributed by atoms with E-state index in [2.05, 4.69) is 68.8 Å². The molecular weight excluding hydrogens is 218 g/mol. The topological polar surface area (TPSA) is 12.4 Å². The third-order valence-corrected chi connectivity index (χ3v) is 2.57. The van der Waals surface area contributed by atoms with E-state index in [-0.39, 0.29) is 6.04 Å². The van der Waals surface area contributed by atoms with Gasteiger partial charge in [-0.1, -0.05) is 49.1 Å². The van der Waals surface area contributed by atoms with Gasteiger partial charge >= 0.3 is 0 Å². The molecule has 0 fully saturated rings. The summed E-state index contributed by atoms with van der Waals surface area (Å²) >= 11 is 0. The molecular formula is C17H23N. The van der Waals surface area contributed by atoms with Crippen molar-refractivity contribution in [1.29, 1.82) is 0 Å². The molecule has 0 radical (unpaired) electrons. The lowest BCUT2D eigenvalue weighted by Gasteiger charge is -2.03. The van der Waals surface area contributed by atoms with Crippen LogP contribution >= 0.6 is 0 Å². The summed E-state index contributed by atoms with van der Waals surface area (Å²) in [5.74, 6) is 6.45. The number of hydrogen-bond acceptors (Lipinski definition) is 1. The molecule has 0 heterocycles. The fraction of sp³-hybridized carbons (Fsp3) is 0.471. The second kappa shape index (κ2) is 7.71. The van der Waals surface area contributed by atoms with E-state index >= 15 is 0 Å². The average molecular weight is 241 g/mol. The largest absolute Gasteiger partial charge is 0.273 e. The number of hydrogen-bond donors (Lipinski definition) is 0. The maximum atomic E-state index is 4.62. The first-order chi connectivity index (χ1) is 8.63. The van der Waals surface area contributed by atoms with Crippen molar-refractivity contribution < 1.29 is 0 Å². The highest BCUT2D eigenvalue weighted by Gasteiger charge is 2.00. The van der Waals surface area contributed by atoms with Crippen LogP contribution in [-0.2, 0) is 0 Å². The zero-order valence-corrected chi connectivity index (χ0v) is 12.0. The summed E-state index contributed by atoms with van der Waals surface area (Å²) in [6.07, 6.45) is 3.31. The molecule has 1 rings (SSSR count). The summed E-state index contributed by atoms with van der Waals surface area (Å²) in [5.41, 5.74) is 3.31. The van der Waals surface area contributed by atoms with Crippen molar-refractivity contribution in [2.75, 3.05) is 0 Å². The summed E-state index contributed by atoms with van der Waals surface area (Å²) < 4.78 is 0. The van der Waals surface area contributed by atoms with Crippen LogP contribution in [0.25, 0.3) is 0 Å². The second-order valence-electron chi connectivity index (χ2n) is 4.84. The maximum Gasteiger partial charge on any atom is 0.115 e. The molecule has 0 aliphatic heterocycles. The van der Waals surface area contributed by atoms with Gasteiger partial charge in [0, 0.05) is 18.0 Å². The van der Waals surface area contributed by atoms with Crippen LogP contribution in [0.4, 0.5) is 0 Å². The predicted molar refractivity (Wildman–Crippen MR) is 80.2 cm³/mol. The molecule has 0 aromatic heterocycles. The van der Waals surface area contributed by atoms with Gasteiger partial charge in [-0.25, -0.2) is 0 Å². The molecule has 0 saturated heterocycles. The summed E-state index contributed by atoms with van der Waals surface area (Å²) in [6.45, 7) is 8.45. The van der Waals surface area contributed by atoms with Crippen molar-refractivity contribution >= 4 is 5.71 Å². The molecule has 0 atom stereocenters. The molecule has 1 heteroatoms. The minimum absolute atomic E-state index is 0.279. The van der Waals surface area contributed by atoms with Crippen molar-refractivity contribution in [1.82, 2.24) is 0 Å². The number of nitrogens with zero attached hydrogens (tertiary/aromatic N) is 1. The molecule has 0 N–H and O–H groups in total. The van der Waals surface area contributed by atoms with E-state index in [1.54, 1.807) is 0 Å². The molecule has 1 aromatic rings. The van der Waals surface area contributed by atoms with Crippen LogP contribution in [0.15, 0.2) is 29.3 Å². The Labute approximate surface area is 111 Å². The molecule has 0 saturated carbocycles. The van der Waals surface area contributed by atoms with Crippen LogP contribution in [0, 0.1) is 18.8 Å². The Morgan fingerprint density at radius 2 is 1.89 bits per heavy atom. The van der Waals surface area contributed by atoms with Gasteiger partial charge in [-0.05, 0) is 33.1 Å². The minimum atomic E-state index is 0.279. The van der Waals surface area contributed by atoms with Crippen LogP contribution in [-0.4, -0.2) is 11.8 Å². The summed E-state index contributed by atoms with van der Waals surface area (Å²) in [5, 5.41) is 0. The van der Waals surface area contributed by atoms with Gasteiger partial charge < -0.3 is 0 Å². The lowest BCUT2D eigenvalue weighted by Crippen LogP contribution is -2.02. The van der Waals surface area contributed by atoms with Crippen LogP contribution in [0.2, 0.25) is 0 Å². The third-order valence-electron chi connectivity index (χ3n) is 2.57. The molecule has 0 aliphatic rings.